The number of phenols is 1. The Morgan fingerprint density at radius 2 is 1.87 bits per heavy atom. The number of benzene rings is 2. The maximum absolute atomic E-state index is 13.6. The first kappa shape index (κ1) is 21.8. The predicted octanol–water partition coefficient (Wildman–Crippen LogP) is 4.13. The lowest BCUT2D eigenvalue weighted by Gasteiger charge is -2.31. The normalized spacial score (nSPS) is 14.8. The van der Waals surface area contributed by atoms with Crippen LogP contribution >= 0.6 is 0 Å². The van der Waals surface area contributed by atoms with E-state index in [9.17, 15) is 19.1 Å². The molecule has 2 N–H and O–H groups in total. The lowest BCUT2D eigenvalue weighted by molar-refractivity contribution is -0.126. The quantitative estimate of drug-likeness (QED) is 0.776. The van der Waals surface area contributed by atoms with Crippen molar-refractivity contribution < 1.29 is 19.1 Å². The number of phenolic OH excluding ortho intramolecular Hbond substituents is 1. The van der Waals surface area contributed by atoms with Crippen molar-refractivity contribution in [3.05, 3.63) is 64.5 Å². The maximum Gasteiger partial charge on any atom is 0.257 e. The molecule has 3 rings (SSSR count). The molecule has 2 aromatic rings. The summed E-state index contributed by atoms with van der Waals surface area (Å²) in [6.45, 7) is 6.98. The smallest absolute Gasteiger partial charge is 0.257 e. The van der Waals surface area contributed by atoms with Crippen LogP contribution in [0.5, 0.6) is 5.75 Å². The number of carbonyl (C=O) groups excluding carboxylic acids is 2. The van der Waals surface area contributed by atoms with Crippen LogP contribution < -0.4 is 5.32 Å². The van der Waals surface area contributed by atoms with Crippen LogP contribution in [0.2, 0.25) is 0 Å². The topological polar surface area (TPSA) is 69.6 Å². The van der Waals surface area contributed by atoms with E-state index >= 15 is 0 Å². The molecule has 1 saturated heterocycles. The Morgan fingerprint density at radius 1 is 1.17 bits per heavy atom. The number of amides is 2. The van der Waals surface area contributed by atoms with E-state index < -0.39 is 0 Å². The molecule has 0 unspecified atom stereocenters. The van der Waals surface area contributed by atoms with Gasteiger partial charge in [0.2, 0.25) is 5.91 Å². The number of hydrogen-bond acceptors (Lipinski definition) is 3. The zero-order valence-electron chi connectivity index (χ0n) is 17.7. The number of halogens is 1. The van der Waals surface area contributed by atoms with E-state index in [1.165, 1.54) is 6.07 Å². The number of nitrogens with one attached hydrogen (secondary N) is 1. The van der Waals surface area contributed by atoms with Gasteiger partial charge in [0.25, 0.3) is 5.91 Å². The van der Waals surface area contributed by atoms with Gasteiger partial charge in [0.15, 0.2) is 0 Å². The van der Waals surface area contributed by atoms with Gasteiger partial charge in [-0.1, -0.05) is 32.0 Å². The minimum Gasteiger partial charge on any atom is -0.507 e. The van der Waals surface area contributed by atoms with Crippen molar-refractivity contribution in [2.75, 3.05) is 13.1 Å². The fourth-order valence-corrected chi connectivity index (χ4v) is 3.68. The van der Waals surface area contributed by atoms with Crippen LogP contribution in [-0.2, 0) is 11.3 Å². The van der Waals surface area contributed by atoms with Crippen LogP contribution in [0.25, 0.3) is 0 Å². The average molecular weight is 413 g/mol. The van der Waals surface area contributed by atoms with Gasteiger partial charge < -0.3 is 15.3 Å². The highest BCUT2D eigenvalue weighted by Crippen LogP contribution is 2.26. The molecule has 6 heteroatoms. The molecule has 2 amide bonds. The van der Waals surface area contributed by atoms with Crippen molar-refractivity contribution in [2.45, 2.75) is 46.1 Å². The molecule has 0 radical (unpaired) electrons. The minimum atomic E-state index is -0.279. The maximum atomic E-state index is 13.6. The molecule has 1 aliphatic heterocycles. The molecular weight excluding hydrogens is 383 g/mol. The highest BCUT2D eigenvalue weighted by atomic mass is 19.1. The molecule has 0 saturated carbocycles. The van der Waals surface area contributed by atoms with Gasteiger partial charge in [0, 0.05) is 25.6 Å². The minimum absolute atomic E-state index is 0.0189. The molecular formula is C24H29FN2O3. The molecule has 1 aliphatic rings. The fraction of sp³-hybridized carbons (Fsp3) is 0.417. The van der Waals surface area contributed by atoms with Crippen molar-refractivity contribution >= 4 is 11.8 Å². The summed E-state index contributed by atoms with van der Waals surface area (Å²) in [5.41, 5.74) is 2.61. The predicted molar refractivity (Wildman–Crippen MR) is 114 cm³/mol. The lowest BCUT2D eigenvalue weighted by atomic mass is 9.94. The van der Waals surface area contributed by atoms with Crippen LogP contribution in [0.4, 0.5) is 4.39 Å². The zero-order chi connectivity index (χ0) is 21.8. The van der Waals surface area contributed by atoms with Gasteiger partial charge in [-0.2, -0.15) is 0 Å². The Morgan fingerprint density at radius 3 is 2.50 bits per heavy atom. The Balaban J connectivity index is 1.55. The van der Waals surface area contributed by atoms with E-state index in [0.717, 1.165) is 11.1 Å². The number of aromatic hydroxyl groups is 1. The molecule has 0 spiro atoms. The van der Waals surface area contributed by atoms with Gasteiger partial charge in [-0.25, -0.2) is 4.39 Å². The van der Waals surface area contributed by atoms with Gasteiger partial charge in [-0.3, -0.25) is 9.59 Å². The van der Waals surface area contributed by atoms with Gasteiger partial charge in [-0.05, 0) is 60.6 Å². The molecule has 5 nitrogen and oxygen atoms in total. The largest absolute Gasteiger partial charge is 0.507 e. The Kier molecular flexibility index (Phi) is 6.75. The number of hydrogen-bond donors (Lipinski definition) is 2. The number of rotatable bonds is 5. The van der Waals surface area contributed by atoms with Gasteiger partial charge in [0.05, 0.1) is 5.56 Å². The molecule has 0 bridgehead atoms. The summed E-state index contributed by atoms with van der Waals surface area (Å²) in [7, 11) is 0. The summed E-state index contributed by atoms with van der Waals surface area (Å²) in [5.74, 6) is -0.502. The van der Waals surface area contributed by atoms with Crippen LogP contribution in [0, 0.1) is 18.7 Å². The summed E-state index contributed by atoms with van der Waals surface area (Å²) in [5, 5.41) is 13.0. The standard InChI is InChI=1S/C24H29FN2O3/c1-15(2)19-6-7-22(28)20(13-19)24(30)27-10-8-18(9-11-27)23(29)26-14-17-5-4-16(3)21(25)12-17/h4-7,12-13,15,18,28H,8-11,14H2,1-3H3,(H,26,29). The van der Waals surface area contributed by atoms with E-state index in [-0.39, 0.29) is 41.8 Å². The Hall–Kier alpha value is -2.89. The molecule has 30 heavy (non-hydrogen) atoms. The number of likely N-dealkylation sites (tertiary alicyclic amines) is 1. The van der Waals surface area contributed by atoms with Crippen molar-refractivity contribution in [1.29, 1.82) is 0 Å². The summed E-state index contributed by atoms with van der Waals surface area (Å²) >= 11 is 0. The first-order valence-electron chi connectivity index (χ1n) is 10.4. The van der Waals surface area contributed by atoms with Crippen molar-refractivity contribution in [2.24, 2.45) is 5.92 Å². The third-order valence-corrected chi connectivity index (χ3v) is 5.77. The summed E-state index contributed by atoms with van der Waals surface area (Å²) in [4.78, 5) is 27.1. The zero-order valence-corrected chi connectivity index (χ0v) is 17.7. The number of carbonyl (C=O) groups is 2. The van der Waals surface area contributed by atoms with Crippen molar-refractivity contribution in [3.8, 4) is 5.75 Å². The summed E-state index contributed by atoms with van der Waals surface area (Å²) in [6.07, 6.45) is 1.12. The van der Waals surface area contributed by atoms with Crippen LogP contribution in [0.1, 0.15) is 59.7 Å². The van der Waals surface area contributed by atoms with E-state index in [1.807, 2.05) is 19.9 Å². The van der Waals surface area contributed by atoms with Gasteiger partial charge in [-0.15, -0.1) is 0 Å². The van der Waals surface area contributed by atoms with E-state index in [0.29, 0.717) is 37.1 Å². The third-order valence-electron chi connectivity index (χ3n) is 5.77. The molecule has 1 fully saturated rings. The average Bonchev–Trinajstić information content (AvgIpc) is 2.74. The number of piperidine rings is 1. The molecule has 160 valence electrons. The lowest BCUT2D eigenvalue weighted by Crippen LogP contribution is -2.43. The molecule has 0 atom stereocenters. The molecule has 0 aliphatic carbocycles. The first-order valence-corrected chi connectivity index (χ1v) is 10.4. The monoisotopic (exact) mass is 412 g/mol. The fourth-order valence-electron chi connectivity index (χ4n) is 3.68. The number of nitrogens with zero attached hydrogens (tertiary/aromatic N) is 1. The van der Waals surface area contributed by atoms with Crippen LogP contribution in [0.15, 0.2) is 36.4 Å². The number of aryl methyl sites for hydroxylation is 1. The van der Waals surface area contributed by atoms with E-state index in [2.05, 4.69) is 5.32 Å². The van der Waals surface area contributed by atoms with Crippen molar-refractivity contribution in [3.63, 3.8) is 0 Å². The van der Waals surface area contributed by atoms with E-state index in [1.54, 1.807) is 36.1 Å². The Bertz CT molecular complexity index is 934. The van der Waals surface area contributed by atoms with Gasteiger partial charge >= 0.3 is 0 Å². The Labute approximate surface area is 176 Å². The SMILES string of the molecule is Cc1ccc(CNC(=O)C2CCN(C(=O)c3cc(C(C)C)ccc3O)CC2)cc1F. The third kappa shape index (κ3) is 4.99. The van der Waals surface area contributed by atoms with Crippen LogP contribution in [-0.4, -0.2) is 34.9 Å². The van der Waals surface area contributed by atoms with Gasteiger partial charge in [0.1, 0.15) is 11.6 Å². The van der Waals surface area contributed by atoms with E-state index in [4.69, 9.17) is 0 Å². The highest BCUT2D eigenvalue weighted by Gasteiger charge is 2.29. The molecule has 0 aromatic heterocycles. The first-order chi connectivity index (χ1) is 14.3. The van der Waals surface area contributed by atoms with Crippen LogP contribution in [0.3, 0.4) is 0 Å². The molecule has 2 aromatic carbocycles. The second kappa shape index (κ2) is 9.28. The summed E-state index contributed by atoms with van der Waals surface area (Å²) in [6, 6.07) is 10.1. The van der Waals surface area contributed by atoms with Crippen molar-refractivity contribution in [1.82, 2.24) is 10.2 Å². The highest BCUT2D eigenvalue weighted by molar-refractivity contribution is 5.97. The summed E-state index contributed by atoms with van der Waals surface area (Å²) < 4.78 is 13.6. The second-order valence-electron chi connectivity index (χ2n) is 8.30. The molecule has 1 heterocycles. The second-order valence-corrected chi connectivity index (χ2v) is 8.30.